The van der Waals surface area contributed by atoms with Crippen molar-refractivity contribution in [3.63, 3.8) is 0 Å². The van der Waals surface area contributed by atoms with Crippen molar-refractivity contribution in [2.45, 2.75) is 50.7 Å². The van der Waals surface area contributed by atoms with E-state index in [1.54, 1.807) is 6.92 Å². The van der Waals surface area contributed by atoms with Gasteiger partial charge < -0.3 is 4.90 Å². The Balaban J connectivity index is 4.10. The summed E-state index contributed by atoms with van der Waals surface area (Å²) in [5.41, 5.74) is 0. The van der Waals surface area contributed by atoms with Crippen LogP contribution in [0.15, 0.2) is 0 Å². The Hall–Kier alpha value is 0.270. The molecule has 0 aromatic rings. The first-order valence-corrected chi connectivity index (χ1v) is 8.79. The van der Waals surface area contributed by atoms with Crippen LogP contribution in [0.3, 0.4) is 0 Å². The van der Waals surface area contributed by atoms with Gasteiger partial charge in [-0.2, -0.15) is 0 Å². The van der Waals surface area contributed by atoms with Crippen LogP contribution in [0.2, 0.25) is 0 Å². The molecule has 0 rings (SSSR count). The summed E-state index contributed by atoms with van der Waals surface area (Å²) in [5, 5.41) is -1.53. The van der Waals surface area contributed by atoms with E-state index >= 15 is 0 Å². The lowest BCUT2D eigenvalue weighted by Crippen LogP contribution is -2.32. The summed E-state index contributed by atoms with van der Waals surface area (Å²) in [6.45, 7) is 6.18. The van der Waals surface area contributed by atoms with Gasteiger partial charge in [-0.1, -0.05) is 23.1 Å². The third kappa shape index (κ3) is 7.65. The Kier molecular flexibility index (Phi) is 7.88. The van der Waals surface area contributed by atoms with Crippen LogP contribution in [-0.2, 0) is 9.84 Å². The molecular weight excluding hydrogens is 272 g/mol. The van der Waals surface area contributed by atoms with Crippen molar-refractivity contribution in [2.24, 2.45) is 0 Å². The summed E-state index contributed by atoms with van der Waals surface area (Å²) in [7, 11) is 1.09. The fourth-order valence-corrected chi connectivity index (χ4v) is 3.89. The molecule has 3 unspecified atom stereocenters. The molecule has 110 valence electrons. The van der Waals surface area contributed by atoms with E-state index in [2.05, 4.69) is 9.24 Å². The Bertz CT molecular complexity index is 327. The topological polar surface area (TPSA) is 37.4 Å². The Labute approximate surface area is 114 Å². The monoisotopic (exact) mass is 299 g/mol. The number of nitrogens with zero attached hydrogens (tertiary/aromatic N) is 1. The van der Waals surface area contributed by atoms with Crippen LogP contribution in [0.4, 0.5) is 4.39 Å². The third-order valence-corrected chi connectivity index (χ3v) is 5.58. The SMILES string of the molecule is CCC(CCCN(C)CC(C)(F)P)S(=O)(=O)CC. The molecule has 0 N–H and O–H groups in total. The smallest absolute Gasteiger partial charge is 0.152 e. The van der Waals surface area contributed by atoms with Gasteiger partial charge >= 0.3 is 0 Å². The fraction of sp³-hybridized carbons (Fsp3) is 1.00. The summed E-state index contributed by atoms with van der Waals surface area (Å²) in [5.74, 6) is 0.204. The molecule has 0 aliphatic carbocycles. The van der Waals surface area contributed by atoms with Crippen molar-refractivity contribution in [2.75, 3.05) is 25.9 Å². The number of hydrogen-bond donors (Lipinski definition) is 0. The second kappa shape index (κ2) is 7.76. The Morgan fingerprint density at radius 2 is 1.94 bits per heavy atom. The molecule has 0 bridgehead atoms. The van der Waals surface area contributed by atoms with Gasteiger partial charge in [0.15, 0.2) is 9.84 Å². The highest BCUT2D eigenvalue weighted by molar-refractivity contribution is 7.91. The number of rotatable bonds is 9. The predicted octanol–water partition coefficient (Wildman–Crippen LogP) is 2.47. The van der Waals surface area contributed by atoms with Crippen LogP contribution in [-0.4, -0.2) is 49.9 Å². The van der Waals surface area contributed by atoms with Gasteiger partial charge in [-0.25, -0.2) is 12.8 Å². The van der Waals surface area contributed by atoms with Crippen LogP contribution in [0.25, 0.3) is 0 Å². The maximum Gasteiger partial charge on any atom is 0.152 e. The lowest BCUT2D eigenvalue weighted by Gasteiger charge is -2.24. The minimum absolute atomic E-state index is 0.204. The molecule has 6 heteroatoms. The van der Waals surface area contributed by atoms with E-state index in [1.165, 1.54) is 6.92 Å². The number of hydrogen-bond acceptors (Lipinski definition) is 3. The molecule has 0 saturated heterocycles. The Morgan fingerprint density at radius 3 is 2.33 bits per heavy atom. The van der Waals surface area contributed by atoms with E-state index in [0.29, 0.717) is 19.4 Å². The molecular formula is C12H27FNO2PS. The standard InChI is InChI=1S/C12H27FNO2PS/c1-5-11(18(15,16)6-2)8-7-9-14(4)10-12(3,13)17/h11H,5-10,17H2,1-4H3. The molecule has 0 amide bonds. The van der Waals surface area contributed by atoms with E-state index in [0.717, 1.165) is 13.0 Å². The van der Waals surface area contributed by atoms with Crippen molar-refractivity contribution >= 4 is 19.1 Å². The highest BCUT2D eigenvalue weighted by atomic mass is 32.2. The van der Waals surface area contributed by atoms with Crippen molar-refractivity contribution < 1.29 is 12.8 Å². The van der Waals surface area contributed by atoms with Gasteiger partial charge in [-0.15, -0.1) is 0 Å². The minimum Gasteiger partial charge on any atom is -0.303 e. The molecule has 0 aromatic heterocycles. The highest BCUT2D eigenvalue weighted by Gasteiger charge is 2.22. The first kappa shape index (κ1) is 18.3. The highest BCUT2D eigenvalue weighted by Crippen LogP contribution is 2.20. The first-order valence-electron chi connectivity index (χ1n) is 6.50. The first-order chi connectivity index (χ1) is 8.12. The van der Waals surface area contributed by atoms with Crippen LogP contribution >= 0.6 is 9.24 Å². The second-order valence-corrected chi connectivity index (χ2v) is 8.91. The van der Waals surface area contributed by atoms with E-state index < -0.39 is 15.2 Å². The van der Waals surface area contributed by atoms with Crippen molar-refractivity contribution in [1.29, 1.82) is 0 Å². The number of halogens is 1. The quantitative estimate of drug-likeness (QED) is 0.614. The summed E-state index contributed by atoms with van der Waals surface area (Å²) < 4.78 is 36.9. The van der Waals surface area contributed by atoms with Gasteiger partial charge in [0.1, 0.15) is 5.41 Å². The summed E-state index contributed by atoms with van der Waals surface area (Å²) in [4.78, 5) is 1.90. The zero-order valence-corrected chi connectivity index (χ0v) is 13.9. The third-order valence-electron chi connectivity index (χ3n) is 3.01. The van der Waals surface area contributed by atoms with Crippen molar-refractivity contribution in [3.05, 3.63) is 0 Å². The predicted molar refractivity (Wildman–Crippen MR) is 79.5 cm³/mol. The molecule has 0 aliphatic rings. The average molecular weight is 299 g/mol. The molecule has 0 aliphatic heterocycles. The van der Waals surface area contributed by atoms with Crippen molar-refractivity contribution in [1.82, 2.24) is 4.90 Å². The zero-order valence-electron chi connectivity index (χ0n) is 11.9. The van der Waals surface area contributed by atoms with E-state index in [1.807, 2.05) is 18.9 Å². The summed E-state index contributed by atoms with van der Waals surface area (Å²) in [6, 6.07) is 0. The van der Waals surface area contributed by atoms with Crippen LogP contribution < -0.4 is 0 Å². The molecule has 0 radical (unpaired) electrons. The number of alkyl halides is 1. The molecule has 0 spiro atoms. The molecule has 0 fully saturated rings. The van der Waals surface area contributed by atoms with Gasteiger partial charge in [0.2, 0.25) is 0 Å². The van der Waals surface area contributed by atoms with Gasteiger partial charge in [0.05, 0.1) is 5.25 Å². The van der Waals surface area contributed by atoms with E-state index in [9.17, 15) is 12.8 Å². The maximum atomic E-state index is 13.4. The molecule has 0 saturated carbocycles. The zero-order chi connectivity index (χ0) is 14.4. The molecule has 3 atom stereocenters. The fourth-order valence-electron chi connectivity index (χ4n) is 2.07. The van der Waals surface area contributed by atoms with Crippen LogP contribution in [0.5, 0.6) is 0 Å². The number of sulfone groups is 1. The lowest BCUT2D eigenvalue weighted by atomic mass is 10.2. The van der Waals surface area contributed by atoms with Gasteiger partial charge in [0, 0.05) is 12.3 Å². The maximum absolute atomic E-state index is 13.4. The van der Waals surface area contributed by atoms with Gasteiger partial charge in [-0.3, -0.25) is 0 Å². The van der Waals surface area contributed by atoms with Crippen molar-refractivity contribution in [3.8, 4) is 0 Å². The average Bonchev–Trinajstić information content (AvgIpc) is 2.21. The largest absolute Gasteiger partial charge is 0.303 e. The second-order valence-electron chi connectivity index (χ2n) is 5.14. The van der Waals surface area contributed by atoms with Crippen LogP contribution in [0, 0.1) is 0 Å². The molecule has 18 heavy (non-hydrogen) atoms. The van der Waals surface area contributed by atoms with Gasteiger partial charge in [0.25, 0.3) is 0 Å². The lowest BCUT2D eigenvalue weighted by molar-refractivity contribution is 0.204. The molecule has 0 heterocycles. The molecule has 3 nitrogen and oxygen atoms in total. The van der Waals surface area contributed by atoms with Gasteiger partial charge in [-0.05, 0) is 39.8 Å². The molecule has 0 aromatic carbocycles. The summed E-state index contributed by atoms with van der Waals surface area (Å²) in [6.07, 6.45) is 2.11. The Morgan fingerprint density at radius 1 is 1.39 bits per heavy atom. The van der Waals surface area contributed by atoms with Crippen LogP contribution in [0.1, 0.15) is 40.0 Å². The summed E-state index contributed by atoms with van der Waals surface area (Å²) >= 11 is 0. The normalized spacial score (nSPS) is 17.7. The van der Waals surface area contributed by atoms with E-state index in [-0.39, 0.29) is 11.0 Å². The van der Waals surface area contributed by atoms with E-state index in [4.69, 9.17) is 0 Å². The minimum atomic E-state index is -2.94.